The van der Waals surface area contributed by atoms with E-state index in [0.29, 0.717) is 0 Å². The van der Waals surface area contributed by atoms with E-state index in [2.05, 4.69) is 5.32 Å². The second-order valence-corrected chi connectivity index (χ2v) is 7.00. The van der Waals surface area contributed by atoms with Crippen LogP contribution in [0.5, 0.6) is 0 Å². The first-order valence-electron chi connectivity index (χ1n) is 9.53. The molecule has 0 spiro atoms. The van der Waals surface area contributed by atoms with E-state index >= 15 is 0 Å². The third kappa shape index (κ3) is 11.9. The lowest BCUT2D eigenvalue weighted by Gasteiger charge is -2.24. The van der Waals surface area contributed by atoms with E-state index in [1.54, 1.807) is 0 Å². The molecule has 12 N–H and O–H groups in total. The maximum Gasteiger partial charge on any atom is 0.326 e. The third-order valence-electron chi connectivity index (χ3n) is 4.07. The maximum atomic E-state index is 12.6. The lowest BCUT2D eigenvalue weighted by Crippen LogP contribution is -2.58. The van der Waals surface area contributed by atoms with E-state index in [1.807, 2.05) is 10.6 Å². The largest absolute Gasteiger partial charge is 0.481 e. The molecular formula is C17H26N6O11. The maximum absolute atomic E-state index is 12.6. The van der Waals surface area contributed by atoms with Crippen molar-refractivity contribution in [3.63, 3.8) is 0 Å². The normalized spacial score (nSPS) is 13.9. The average molecular weight is 490 g/mol. The Morgan fingerprint density at radius 1 is 0.618 bits per heavy atom. The second-order valence-electron chi connectivity index (χ2n) is 7.00. The zero-order valence-corrected chi connectivity index (χ0v) is 17.7. The summed E-state index contributed by atoms with van der Waals surface area (Å²) >= 11 is 0. The van der Waals surface area contributed by atoms with Crippen molar-refractivity contribution in [2.24, 2.45) is 17.2 Å². The number of amides is 5. The summed E-state index contributed by atoms with van der Waals surface area (Å²) in [5.41, 5.74) is 15.3. The summed E-state index contributed by atoms with van der Waals surface area (Å²) in [6.07, 6.45) is -3.62. The number of hydrogen-bond donors (Lipinski definition) is 9. The summed E-state index contributed by atoms with van der Waals surface area (Å²) in [4.78, 5) is 92.2. The van der Waals surface area contributed by atoms with Crippen molar-refractivity contribution in [2.45, 2.75) is 56.3 Å². The Kier molecular flexibility index (Phi) is 12.2. The molecule has 0 aliphatic carbocycles. The SMILES string of the molecule is NC(=O)CC(N)C(=O)NC(CCC(=O)O)C(=O)NC(CC(=O)O)C(=O)NC(CC(N)=O)C(=O)O. The Morgan fingerprint density at radius 2 is 1.09 bits per heavy atom. The van der Waals surface area contributed by atoms with Gasteiger partial charge in [0.1, 0.15) is 18.1 Å². The molecule has 0 aromatic carbocycles. The molecule has 0 radical (unpaired) electrons. The standard InChI is InChI=1S/C17H26N6O11/c18-6(3-10(19)24)14(30)21-7(1-2-12(26)27)15(31)22-8(5-13(28)29)16(32)23-9(17(33)34)4-11(20)25/h6-9H,1-5,18H2,(H2,19,24)(H2,20,25)(H,21,30)(H,22,31)(H,23,32)(H,26,27)(H,28,29)(H,33,34). The Balaban J connectivity index is 5.62. The van der Waals surface area contributed by atoms with Crippen molar-refractivity contribution in [1.29, 1.82) is 0 Å². The molecular weight excluding hydrogens is 464 g/mol. The number of nitrogens with two attached hydrogens (primary N) is 3. The molecule has 17 heteroatoms. The molecule has 0 fully saturated rings. The number of primary amides is 2. The predicted molar refractivity (Wildman–Crippen MR) is 108 cm³/mol. The molecule has 0 heterocycles. The number of hydrogen-bond acceptors (Lipinski definition) is 9. The van der Waals surface area contributed by atoms with Crippen LogP contribution in [-0.2, 0) is 38.4 Å². The first kappa shape index (κ1) is 29.7. The topological polar surface area (TPSA) is 311 Å². The van der Waals surface area contributed by atoms with Crippen molar-refractivity contribution < 1.29 is 53.7 Å². The van der Waals surface area contributed by atoms with Gasteiger partial charge in [-0.1, -0.05) is 0 Å². The van der Waals surface area contributed by atoms with Crippen LogP contribution in [0.4, 0.5) is 0 Å². The highest BCUT2D eigenvalue weighted by Gasteiger charge is 2.32. The van der Waals surface area contributed by atoms with Crippen LogP contribution in [0, 0.1) is 0 Å². The fourth-order valence-corrected chi connectivity index (χ4v) is 2.45. The van der Waals surface area contributed by atoms with E-state index < -0.39 is 104 Å². The van der Waals surface area contributed by atoms with E-state index in [0.717, 1.165) is 0 Å². The van der Waals surface area contributed by atoms with Gasteiger partial charge in [-0.15, -0.1) is 0 Å². The summed E-state index contributed by atoms with van der Waals surface area (Å²) in [6, 6.07) is -6.83. The minimum absolute atomic E-state index is 0.517. The summed E-state index contributed by atoms with van der Waals surface area (Å²) in [7, 11) is 0. The molecule has 5 amide bonds. The molecule has 0 aliphatic heterocycles. The molecule has 190 valence electrons. The quantitative estimate of drug-likeness (QED) is 0.0981. The van der Waals surface area contributed by atoms with Crippen LogP contribution in [0.25, 0.3) is 0 Å². The summed E-state index contributed by atoms with van der Waals surface area (Å²) < 4.78 is 0. The van der Waals surface area contributed by atoms with Crippen LogP contribution in [0.3, 0.4) is 0 Å². The summed E-state index contributed by atoms with van der Waals surface area (Å²) in [5, 5.41) is 32.9. The minimum atomic E-state index is -1.89. The fourth-order valence-electron chi connectivity index (χ4n) is 2.45. The van der Waals surface area contributed by atoms with Crippen molar-refractivity contribution >= 4 is 47.4 Å². The zero-order chi connectivity index (χ0) is 26.6. The predicted octanol–water partition coefficient (Wildman–Crippen LogP) is -5.06. The lowest BCUT2D eigenvalue weighted by molar-refractivity contribution is -0.144. The van der Waals surface area contributed by atoms with Crippen molar-refractivity contribution in [1.82, 2.24) is 16.0 Å². The van der Waals surface area contributed by atoms with Gasteiger partial charge in [-0.2, -0.15) is 0 Å². The van der Waals surface area contributed by atoms with Gasteiger partial charge in [-0.05, 0) is 6.42 Å². The molecule has 0 saturated heterocycles. The van der Waals surface area contributed by atoms with Crippen LogP contribution >= 0.6 is 0 Å². The second kappa shape index (κ2) is 14.0. The van der Waals surface area contributed by atoms with Crippen LogP contribution < -0.4 is 33.2 Å². The molecule has 17 nitrogen and oxygen atoms in total. The summed E-state index contributed by atoms with van der Waals surface area (Å²) in [6.45, 7) is 0. The molecule has 34 heavy (non-hydrogen) atoms. The minimum Gasteiger partial charge on any atom is -0.481 e. The molecule has 0 rings (SSSR count). The Hall–Kier alpha value is -4.28. The Morgan fingerprint density at radius 3 is 1.53 bits per heavy atom. The van der Waals surface area contributed by atoms with Gasteiger partial charge in [0.25, 0.3) is 0 Å². The van der Waals surface area contributed by atoms with Gasteiger partial charge >= 0.3 is 17.9 Å². The molecule has 0 aliphatic rings. The zero-order valence-electron chi connectivity index (χ0n) is 17.7. The molecule has 0 aromatic heterocycles. The number of carboxylic acids is 3. The van der Waals surface area contributed by atoms with Gasteiger partial charge in [0.05, 0.1) is 25.3 Å². The fraction of sp³-hybridized carbons (Fsp3) is 0.529. The van der Waals surface area contributed by atoms with Crippen LogP contribution in [0.2, 0.25) is 0 Å². The number of carbonyl (C=O) groups excluding carboxylic acids is 5. The van der Waals surface area contributed by atoms with E-state index in [4.69, 9.17) is 32.5 Å². The van der Waals surface area contributed by atoms with Crippen LogP contribution in [0.1, 0.15) is 32.1 Å². The first-order valence-corrected chi connectivity index (χ1v) is 9.53. The lowest BCUT2D eigenvalue weighted by atomic mass is 10.1. The molecule has 0 bridgehead atoms. The van der Waals surface area contributed by atoms with Gasteiger partial charge in [0.15, 0.2) is 0 Å². The molecule has 4 unspecified atom stereocenters. The highest BCUT2D eigenvalue weighted by atomic mass is 16.4. The van der Waals surface area contributed by atoms with E-state index in [9.17, 15) is 38.4 Å². The highest BCUT2D eigenvalue weighted by Crippen LogP contribution is 2.04. The Labute approximate surface area is 191 Å². The van der Waals surface area contributed by atoms with Gasteiger partial charge in [0, 0.05) is 6.42 Å². The molecule has 0 saturated carbocycles. The van der Waals surface area contributed by atoms with Gasteiger partial charge in [0.2, 0.25) is 29.5 Å². The van der Waals surface area contributed by atoms with Crippen LogP contribution in [0.15, 0.2) is 0 Å². The van der Waals surface area contributed by atoms with Crippen molar-refractivity contribution in [3.8, 4) is 0 Å². The number of rotatable bonds is 16. The monoisotopic (exact) mass is 490 g/mol. The van der Waals surface area contributed by atoms with Gasteiger partial charge in [-0.25, -0.2) is 4.79 Å². The number of carboxylic acid groups (broad SMARTS) is 3. The molecule has 4 atom stereocenters. The van der Waals surface area contributed by atoms with Crippen LogP contribution in [-0.4, -0.2) is 86.9 Å². The van der Waals surface area contributed by atoms with Crippen molar-refractivity contribution in [2.75, 3.05) is 0 Å². The first-order chi connectivity index (χ1) is 15.6. The summed E-state index contributed by atoms with van der Waals surface area (Å²) in [5.74, 6) is -10.2. The number of carbonyl (C=O) groups is 8. The van der Waals surface area contributed by atoms with Crippen molar-refractivity contribution in [3.05, 3.63) is 0 Å². The van der Waals surface area contributed by atoms with E-state index in [-0.39, 0.29) is 0 Å². The number of aliphatic carboxylic acids is 3. The van der Waals surface area contributed by atoms with E-state index in [1.165, 1.54) is 0 Å². The Bertz CT molecular complexity index is 846. The highest BCUT2D eigenvalue weighted by molar-refractivity contribution is 5.97. The number of nitrogens with one attached hydrogen (secondary N) is 3. The van der Waals surface area contributed by atoms with Gasteiger partial charge in [-0.3, -0.25) is 33.6 Å². The molecule has 0 aromatic rings. The smallest absolute Gasteiger partial charge is 0.326 e. The third-order valence-corrected chi connectivity index (χ3v) is 4.07. The van der Waals surface area contributed by atoms with Gasteiger partial charge < -0.3 is 48.5 Å². The average Bonchev–Trinajstić information content (AvgIpc) is 2.68.